The number of likely N-dealkylation sites (N-methyl/N-ethyl adjacent to an activating group) is 1. The van der Waals surface area contributed by atoms with Crippen molar-refractivity contribution in [1.82, 2.24) is 10.2 Å². The third-order valence-electron chi connectivity index (χ3n) is 2.16. The van der Waals surface area contributed by atoms with Crippen molar-refractivity contribution in [2.45, 2.75) is 6.92 Å². The van der Waals surface area contributed by atoms with E-state index in [4.69, 9.17) is 4.74 Å². The van der Waals surface area contributed by atoms with Crippen LogP contribution in [-0.2, 0) is 14.3 Å². The molecule has 0 aliphatic heterocycles. The molecule has 0 rings (SSSR count). The summed E-state index contributed by atoms with van der Waals surface area (Å²) in [6.45, 7) is 5.56. The Balaban J connectivity index is 3.24. The molecule has 0 spiro atoms. The van der Waals surface area contributed by atoms with Crippen LogP contribution in [0.15, 0.2) is 0 Å². The molecule has 0 amide bonds. The number of esters is 1. The average molecular weight is 232 g/mol. The summed E-state index contributed by atoms with van der Waals surface area (Å²) < 4.78 is 10.0. The summed E-state index contributed by atoms with van der Waals surface area (Å²) in [6, 6.07) is 0. The molecule has 0 fully saturated rings. The molecule has 0 heterocycles. The lowest BCUT2D eigenvalue weighted by atomic mass is 10.2. The number of rotatable bonds is 9. The normalized spacial score (nSPS) is 12.8. The zero-order valence-electron chi connectivity index (χ0n) is 10.8. The number of carbonyl (C=O) groups excluding carboxylic acids is 1. The van der Waals surface area contributed by atoms with Crippen molar-refractivity contribution in [3.05, 3.63) is 0 Å². The van der Waals surface area contributed by atoms with E-state index in [0.29, 0.717) is 13.2 Å². The summed E-state index contributed by atoms with van der Waals surface area (Å²) in [7, 11) is 5.43. The Kier molecular flexibility index (Phi) is 9.18. The van der Waals surface area contributed by atoms with Gasteiger partial charge in [-0.2, -0.15) is 0 Å². The first-order valence-corrected chi connectivity index (χ1v) is 5.59. The quantitative estimate of drug-likeness (QED) is 0.447. The van der Waals surface area contributed by atoms with Gasteiger partial charge in [-0.25, -0.2) is 0 Å². The monoisotopic (exact) mass is 232 g/mol. The van der Waals surface area contributed by atoms with Crippen molar-refractivity contribution in [3.63, 3.8) is 0 Å². The Morgan fingerprint density at radius 2 is 2.06 bits per heavy atom. The van der Waals surface area contributed by atoms with Gasteiger partial charge in [-0.15, -0.1) is 0 Å². The maximum absolute atomic E-state index is 11.1. The molecule has 0 radical (unpaired) electrons. The van der Waals surface area contributed by atoms with Gasteiger partial charge in [-0.1, -0.05) is 6.92 Å². The first kappa shape index (κ1) is 15.3. The van der Waals surface area contributed by atoms with Crippen LogP contribution in [-0.4, -0.2) is 64.9 Å². The SMILES string of the molecule is COC(=O)C(C)CNCCOCCN(C)C. The number of nitrogens with one attached hydrogen (secondary N) is 1. The standard InChI is InChI=1S/C11H24N2O3/c1-10(11(14)15-4)9-12-5-7-16-8-6-13(2)3/h10,12H,5-9H2,1-4H3. The average Bonchev–Trinajstić information content (AvgIpc) is 2.25. The van der Waals surface area contributed by atoms with Crippen LogP contribution in [0.1, 0.15) is 6.92 Å². The van der Waals surface area contributed by atoms with Crippen LogP contribution in [0.4, 0.5) is 0 Å². The highest BCUT2D eigenvalue weighted by molar-refractivity contribution is 5.71. The van der Waals surface area contributed by atoms with Crippen molar-refractivity contribution in [2.24, 2.45) is 5.92 Å². The van der Waals surface area contributed by atoms with Crippen molar-refractivity contribution in [3.8, 4) is 0 Å². The first-order valence-electron chi connectivity index (χ1n) is 5.59. The van der Waals surface area contributed by atoms with Gasteiger partial charge in [0.15, 0.2) is 0 Å². The molecule has 0 bridgehead atoms. The molecule has 0 aromatic rings. The second kappa shape index (κ2) is 9.57. The number of hydrogen-bond acceptors (Lipinski definition) is 5. The molecule has 1 atom stereocenters. The van der Waals surface area contributed by atoms with Crippen LogP contribution in [0.3, 0.4) is 0 Å². The minimum Gasteiger partial charge on any atom is -0.469 e. The number of carbonyl (C=O) groups is 1. The van der Waals surface area contributed by atoms with E-state index in [0.717, 1.165) is 19.7 Å². The maximum Gasteiger partial charge on any atom is 0.309 e. The molecular formula is C11H24N2O3. The molecule has 1 unspecified atom stereocenters. The Bertz CT molecular complexity index is 186. The lowest BCUT2D eigenvalue weighted by Crippen LogP contribution is -2.30. The molecular weight excluding hydrogens is 208 g/mol. The van der Waals surface area contributed by atoms with E-state index >= 15 is 0 Å². The summed E-state index contributed by atoms with van der Waals surface area (Å²) in [4.78, 5) is 13.1. The van der Waals surface area contributed by atoms with Crippen molar-refractivity contribution in [2.75, 3.05) is 54.1 Å². The minimum absolute atomic E-state index is 0.105. The highest BCUT2D eigenvalue weighted by Crippen LogP contribution is 1.94. The molecule has 0 aliphatic carbocycles. The van der Waals surface area contributed by atoms with E-state index in [-0.39, 0.29) is 11.9 Å². The lowest BCUT2D eigenvalue weighted by Gasteiger charge is -2.12. The zero-order valence-corrected chi connectivity index (χ0v) is 10.8. The van der Waals surface area contributed by atoms with Gasteiger partial charge in [0.1, 0.15) is 0 Å². The molecule has 0 aliphatic rings. The van der Waals surface area contributed by atoms with Gasteiger partial charge < -0.3 is 19.7 Å². The minimum atomic E-state index is -0.180. The van der Waals surface area contributed by atoms with E-state index in [1.54, 1.807) is 0 Å². The van der Waals surface area contributed by atoms with E-state index in [1.807, 2.05) is 21.0 Å². The van der Waals surface area contributed by atoms with Crippen LogP contribution in [0.25, 0.3) is 0 Å². The van der Waals surface area contributed by atoms with Gasteiger partial charge in [-0.05, 0) is 14.1 Å². The Hall–Kier alpha value is -0.650. The number of hydrogen-bond donors (Lipinski definition) is 1. The van der Waals surface area contributed by atoms with Gasteiger partial charge in [0, 0.05) is 19.6 Å². The van der Waals surface area contributed by atoms with E-state index in [1.165, 1.54) is 7.11 Å². The van der Waals surface area contributed by atoms with Gasteiger partial charge in [0.05, 0.1) is 26.2 Å². The fourth-order valence-corrected chi connectivity index (χ4v) is 1.10. The fourth-order valence-electron chi connectivity index (χ4n) is 1.10. The van der Waals surface area contributed by atoms with Gasteiger partial charge in [0.2, 0.25) is 0 Å². The summed E-state index contributed by atoms with van der Waals surface area (Å²) in [5, 5.41) is 3.15. The molecule has 5 heteroatoms. The molecule has 0 saturated carbocycles. The highest BCUT2D eigenvalue weighted by Gasteiger charge is 2.11. The smallest absolute Gasteiger partial charge is 0.309 e. The molecule has 0 aromatic heterocycles. The molecule has 0 aromatic carbocycles. The predicted molar refractivity (Wildman–Crippen MR) is 63.4 cm³/mol. The van der Waals surface area contributed by atoms with Crippen LogP contribution < -0.4 is 5.32 Å². The third kappa shape index (κ3) is 8.64. The molecule has 1 N–H and O–H groups in total. The largest absolute Gasteiger partial charge is 0.469 e. The van der Waals surface area contributed by atoms with E-state index in [2.05, 4.69) is 15.0 Å². The lowest BCUT2D eigenvalue weighted by molar-refractivity contribution is -0.144. The molecule has 0 saturated heterocycles. The van der Waals surface area contributed by atoms with Crippen molar-refractivity contribution >= 4 is 5.97 Å². The Labute approximate surface area is 98.1 Å². The van der Waals surface area contributed by atoms with Gasteiger partial charge >= 0.3 is 5.97 Å². The summed E-state index contributed by atoms with van der Waals surface area (Å²) in [5.41, 5.74) is 0. The summed E-state index contributed by atoms with van der Waals surface area (Å²) in [5.74, 6) is -0.284. The predicted octanol–water partition coefficient (Wildman–Crippen LogP) is -0.0367. The van der Waals surface area contributed by atoms with Crippen LogP contribution >= 0.6 is 0 Å². The molecule has 5 nitrogen and oxygen atoms in total. The second-order valence-electron chi connectivity index (χ2n) is 4.04. The Morgan fingerprint density at radius 1 is 1.38 bits per heavy atom. The van der Waals surface area contributed by atoms with Crippen molar-refractivity contribution < 1.29 is 14.3 Å². The summed E-state index contributed by atoms with van der Waals surface area (Å²) in [6.07, 6.45) is 0. The van der Waals surface area contributed by atoms with Crippen LogP contribution in [0.5, 0.6) is 0 Å². The number of methoxy groups -OCH3 is 1. The van der Waals surface area contributed by atoms with Crippen LogP contribution in [0, 0.1) is 5.92 Å². The number of ether oxygens (including phenoxy) is 2. The third-order valence-corrected chi connectivity index (χ3v) is 2.16. The van der Waals surface area contributed by atoms with Gasteiger partial charge in [-0.3, -0.25) is 4.79 Å². The number of nitrogens with zero attached hydrogens (tertiary/aromatic N) is 1. The molecule has 16 heavy (non-hydrogen) atoms. The highest BCUT2D eigenvalue weighted by atomic mass is 16.5. The van der Waals surface area contributed by atoms with Crippen LogP contribution in [0.2, 0.25) is 0 Å². The first-order chi connectivity index (χ1) is 7.57. The second-order valence-corrected chi connectivity index (χ2v) is 4.04. The molecule has 96 valence electrons. The van der Waals surface area contributed by atoms with E-state index in [9.17, 15) is 4.79 Å². The van der Waals surface area contributed by atoms with Crippen molar-refractivity contribution in [1.29, 1.82) is 0 Å². The maximum atomic E-state index is 11.1. The van der Waals surface area contributed by atoms with Gasteiger partial charge in [0.25, 0.3) is 0 Å². The topological polar surface area (TPSA) is 50.8 Å². The fraction of sp³-hybridized carbons (Fsp3) is 0.909. The van der Waals surface area contributed by atoms with E-state index < -0.39 is 0 Å². The summed E-state index contributed by atoms with van der Waals surface area (Å²) >= 11 is 0. The zero-order chi connectivity index (χ0) is 12.4. The Morgan fingerprint density at radius 3 is 2.62 bits per heavy atom.